The standard InChI is InChI=1S/C23H26FN6O9P.C7H15N3O2.CH4/c1-23(2)21(31)30(11-38-40(32,33)34)20-14(39-23)6-7-17(28-20)27-19-13(24)10-25-22(29-19)26-12-8-15(35-3)18(37-5)16(9-12)36-4;8-5(7(11)12)3-1-2-4-6(9)10;/h6-10H,11H2,1-5H3,(H2,32,33,34)(H2,25,26,27,28,29);5H,1-4,8H2,(H3,9,10)(H,11,12);1H4/t;5-;/m.0./s1. The first-order valence-corrected chi connectivity index (χ1v) is 16.8. The number of amides is 1. The Kier molecular flexibility index (Phi) is 15.7. The summed E-state index contributed by atoms with van der Waals surface area (Å²) in [6.45, 7) is 2.16. The lowest BCUT2D eigenvalue weighted by atomic mass is 10.1. The highest BCUT2D eigenvalue weighted by molar-refractivity contribution is 7.46. The zero-order chi connectivity index (χ0) is 38.8. The number of carboxylic acids is 1. The maximum absolute atomic E-state index is 14.7. The van der Waals surface area contributed by atoms with Gasteiger partial charge in [0.1, 0.15) is 18.6 Å². The Labute approximate surface area is 304 Å². The SMILES string of the molecule is C.COc1cc(Nc2ncc(F)c(Nc3ccc4c(n3)N(COP(=O)(O)O)C(=O)C(C)(C)O4)n2)cc(OC)c1OC.N=C(N)CCCC[C@H](N)C(=O)O. The first-order chi connectivity index (χ1) is 24.4. The largest absolute Gasteiger partial charge is 0.493 e. The van der Waals surface area contributed by atoms with E-state index in [1.54, 1.807) is 12.1 Å². The highest BCUT2D eigenvalue weighted by atomic mass is 31.2. The third kappa shape index (κ3) is 12.4. The van der Waals surface area contributed by atoms with Crippen molar-refractivity contribution in [3.63, 3.8) is 0 Å². The van der Waals surface area contributed by atoms with Crippen LogP contribution in [0.3, 0.4) is 0 Å². The summed E-state index contributed by atoms with van der Waals surface area (Å²) in [5.41, 5.74) is 9.44. The highest BCUT2D eigenvalue weighted by Crippen LogP contribution is 2.42. The van der Waals surface area contributed by atoms with E-state index >= 15 is 0 Å². The number of anilines is 5. The lowest BCUT2D eigenvalue weighted by Crippen LogP contribution is -2.53. The molecule has 3 heterocycles. The number of amidine groups is 1. The van der Waals surface area contributed by atoms with E-state index in [0.717, 1.165) is 17.5 Å². The number of phosphoric acid groups is 1. The Balaban J connectivity index is 0.000000644. The molecule has 0 saturated carbocycles. The molecule has 0 spiro atoms. The lowest BCUT2D eigenvalue weighted by Gasteiger charge is -2.37. The number of aromatic nitrogens is 3. The van der Waals surface area contributed by atoms with Gasteiger partial charge in [0.05, 0.1) is 33.4 Å². The predicted octanol–water partition coefficient (Wildman–Crippen LogP) is 3.63. The molecule has 0 unspecified atom stereocenters. The van der Waals surface area contributed by atoms with Crippen LogP contribution in [0.15, 0.2) is 30.5 Å². The van der Waals surface area contributed by atoms with Crippen molar-refractivity contribution in [1.29, 1.82) is 5.41 Å². The van der Waals surface area contributed by atoms with Gasteiger partial charge in [-0.15, -0.1) is 0 Å². The summed E-state index contributed by atoms with van der Waals surface area (Å²) in [6, 6.07) is 5.34. The molecule has 0 bridgehead atoms. The van der Waals surface area contributed by atoms with Crippen LogP contribution in [0.1, 0.15) is 47.0 Å². The van der Waals surface area contributed by atoms with Crippen molar-refractivity contribution < 1.29 is 56.9 Å². The molecule has 0 saturated heterocycles. The second kappa shape index (κ2) is 18.9. The molecule has 4 rings (SSSR count). The number of carboxylic acid groups (broad SMARTS) is 1. The number of methoxy groups -OCH3 is 3. The molecule has 2 aromatic heterocycles. The van der Waals surface area contributed by atoms with Gasteiger partial charge in [0, 0.05) is 24.2 Å². The monoisotopic (exact) mass is 769 g/mol. The molecule has 1 amide bonds. The van der Waals surface area contributed by atoms with Crippen LogP contribution in [-0.2, 0) is 18.7 Å². The minimum absolute atomic E-state index is 0. The topological polar surface area (TPSA) is 300 Å². The number of phosphoric ester groups is 1. The fraction of sp³-hybridized carbons (Fsp3) is 0.419. The van der Waals surface area contributed by atoms with Gasteiger partial charge in [-0.2, -0.15) is 4.98 Å². The summed E-state index contributed by atoms with van der Waals surface area (Å²) < 4.78 is 52.1. The molecule has 1 aliphatic rings. The van der Waals surface area contributed by atoms with Gasteiger partial charge in [-0.25, -0.2) is 18.9 Å². The molecule has 20 nitrogen and oxygen atoms in total. The third-order valence-corrected chi connectivity index (χ3v) is 7.47. The molecule has 292 valence electrons. The summed E-state index contributed by atoms with van der Waals surface area (Å²) in [6.07, 6.45) is 3.34. The molecule has 1 aromatic carbocycles. The maximum atomic E-state index is 14.7. The lowest BCUT2D eigenvalue weighted by molar-refractivity contribution is -0.138. The van der Waals surface area contributed by atoms with Crippen LogP contribution < -0.4 is 45.9 Å². The van der Waals surface area contributed by atoms with Crippen LogP contribution in [0, 0.1) is 11.2 Å². The van der Waals surface area contributed by atoms with Crippen LogP contribution in [0.5, 0.6) is 23.0 Å². The van der Waals surface area contributed by atoms with Crippen molar-refractivity contribution in [3.8, 4) is 23.0 Å². The summed E-state index contributed by atoms with van der Waals surface area (Å²) >= 11 is 0. The number of unbranched alkanes of at least 4 members (excludes halogenated alkanes) is 1. The van der Waals surface area contributed by atoms with Crippen molar-refractivity contribution in [2.24, 2.45) is 11.5 Å². The van der Waals surface area contributed by atoms with Crippen molar-refractivity contribution >= 4 is 54.6 Å². The van der Waals surface area contributed by atoms with Crippen molar-refractivity contribution in [1.82, 2.24) is 15.0 Å². The Bertz CT molecular complexity index is 1790. The Morgan fingerprint density at radius 2 is 1.75 bits per heavy atom. The van der Waals surface area contributed by atoms with Gasteiger partial charge < -0.3 is 55.9 Å². The average molecular weight is 770 g/mol. The Morgan fingerprint density at radius 3 is 2.30 bits per heavy atom. The van der Waals surface area contributed by atoms with Crippen molar-refractivity contribution in [3.05, 3.63) is 36.3 Å². The molecule has 1 aliphatic heterocycles. The number of hydrogen-bond donors (Lipinski definition) is 8. The number of halogens is 1. The fourth-order valence-electron chi connectivity index (χ4n) is 4.49. The number of carbonyl (C=O) groups excluding carboxylic acids is 1. The molecule has 3 aromatic rings. The predicted molar refractivity (Wildman–Crippen MR) is 192 cm³/mol. The molecular formula is C31H45FN9O11P. The minimum Gasteiger partial charge on any atom is -0.493 e. The molecular weight excluding hydrogens is 724 g/mol. The van der Waals surface area contributed by atoms with Crippen molar-refractivity contribution in [2.75, 3.05) is 43.6 Å². The fourth-order valence-corrected chi connectivity index (χ4v) is 4.76. The smallest absolute Gasteiger partial charge is 0.471 e. The summed E-state index contributed by atoms with van der Waals surface area (Å²) in [5, 5.41) is 20.9. The maximum Gasteiger partial charge on any atom is 0.471 e. The van der Waals surface area contributed by atoms with Crippen LogP contribution in [0.4, 0.5) is 33.5 Å². The Hall–Kier alpha value is -5.34. The van der Waals surface area contributed by atoms with Crippen molar-refractivity contribution in [2.45, 2.75) is 58.6 Å². The van der Waals surface area contributed by atoms with E-state index < -0.39 is 43.9 Å². The van der Waals surface area contributed by atoms with Gasteiger partial charge in [-0.3, -0.25) is 24.4 Å². The molecule has 0 aliphatic carbocycles. The summed E-state index contributed by atoms with van der Waals surface area (Å²) in [7, 11) is -0.521. The number of benzene rings is 1. The van der Waals surface area contributed by atoms with Gasteiger partial charge in [-0.05, 0) is 38.8 Å². The summed E-state index contributed by atoms with van der Waals surface area (Å²) in [4.78, 5) is 54.6. The number of nitrogens with one attached hydrogen (secondary N) is 3. The Morgan fingerprint density at radius 1 is 1.11 bits per heavy atom. The number of carbonyl (C=O) groups is 2. The molecule has 22 heteroatoms. The molecule has 53 heavy (non-hydrogen) atoms. The van der Waals surface area contributed by atoms with Gasteiger partial charge >= 0.3 is 13.8 Å². The van der Waals surface area contributed by atoms with Crippen LogP contribution in [0.25, 0.3) is 0 Å². The van der Waals surface area contributed by atoms with Crippen LogP contribution in [0.2, 0.25) is 0 Å². The first-order valence-electron chi connectivity index (χ1n) is 15.3. The number of rotatable bonds is 16. The van der Waals surface area contributed by atoms with E-state index in [1.165, 1.54) is 47.3 Å². The second-order valence-corrected chi connectivity index (χ2v) is 12.6. The summed E-state index contributed by atoms with van der Waals surface area (Å²) in [5.74, 6) is -1.39. The number of nitrogens with zero attached hydrogens (tertiary/aromatic N) is 4. The number of fused-ring (bicyclic) bond motifs is 1. The number of nitrogens with two attached hydrogens (primary N) is 2. The number of pyridine rings is 1. The third-order valence-electron chi connectivity index (χ3n) is 7.02. The van der Waals surface area contributed by atoms with Crippen LogP contribution >= 0.6 is 7.82 Å². The molecule has 10 N–H and O–H groups in total. The highest BCUT2D eigenvalue weighted by Gasteiger charge is 2.42. The second-order valence-electron chi connectivity index (χ2n) is 11.4. The van der Waals surface area contributed by atoms with Gasteiger partial charge in [-0.1, -0.05) is 13.8 Å². The van der Waals surface area contributed by atoms with E-state index in [1.807, 2.05) is 0 Å². The van der Waals surface area contributed by atoms with E-state index in [2.05, 4.69) is 30.1 Å². The number of hydrogen-bond acceptors (Lipinski definition) is 15. The van der Waals surface area contributed by atoms with Gasteiger partial charge in [0.15, 0.2) is 40.3 Å². The van der Waals surface area contributed by atoms with Gasteiger partial charge in [0.25, 0.3) is 5.91 Å². The zero-order valence-corrected chi connectivity index (χ0v) is 29.8. The van der Waals surface area contributed by atoms with E-state index in [4.69, 9.17) is 50.7 Å². The molecule has 0 radical (unpaired) electrons. The van der Waals surface area contributed by atoms with Crippen LogP contribution in [-0.4, -0.2) is 87.3 Å². The quantitative estimate of drug-likeness (QED) is 0.0446. The number of ether oxygens (including phenoxy) is 4. The van der Waals surface area contributed by atoms with E-state index in [-0.39, 0.29) is 42.4 Å². The van der Waals surface area contributed by atoms with E-state index in [0.29, 0.717) is 42.2 Å². The number of aliphatic carboxylic acids is 1. The minimum atomic E-state index is -4.91. The first kappa shape index (κ1) is 43.8. The zero-order valence-electron chi connectivity index (χ0n) is 28.9. The molecule has 0 fully saturated rings. The normalized spacial score (nSPS) is 13.5. The van der Waals surface area contributed by atoms with E-state index in [9.17, 15) is 18.5 Å². The molecule has 1 atom stereocenters. The van der Waals surface area contributed by atoms with Gasteiger partial charge in [0.2, 0.25) is 11.7 Å². The average Bonchev–Trinajstić information content (AvgIpc) is 3.07.